The average molecular weight is 205 g/mol. The lowest BCUT2D eigenvalue weighted by Crippen LogP contribution is -2.23. The third kappa shape index (κ3) is 1.74. The minimum Gasteiger partial charge on any atom is -0.497 e. The van der Waals surface area contributed by atoms with E-state index in [0.29, 0.717) is 11.8 Å². The lowest BCUT2D eigenvalue weighted by Gasteiger charge is -2.14. The maximum absolute atomic E-state index is 6.36. The van der Waals surface area contributed by atoms with E-state index in [9.17, 15) is 0 Å². The summed E-state index contributed by atoms with van der Waals surface area (Å²) >= 11 is 0. The molecule has 2 rings (SSSR count). The normalized spacial score (nSPS) is 29.3. The van der Waals surface area contributed by atoms with E-state index in [4.69, 9.17) is 10.5 Å². The predicted molar refractivity (Wildman–Crippen MR) is 61.8 cm³/mol. The molecule has 0 spiro atoms. The topological polar surface area (TPSA) is 35.2 Å². The van der Waals surface area contributed by atoms with Crippen molar-refractivity contribution in [2.75, 3.05) is 7.11 Å². The summed E-state index contributed by atoms with van der Waals surface area (Å²) < 4.78 is 5.14. The molecule has 0 amide bonds. The SMILES string of the molecule is COc1ccc(C2(N)CC2C(C)C)cc1. The molecule has 15 heavy (non-hydrogen) atoms. The minimum absolute atomic E-state index is 0.0829. The Kier molecular flexibility index (Phi) is 2.47. The molecule has 0 heterocycles. The van der Waals surface area contributed by atoms with Crippen LogP contribution in [0.5, 0.6) is 5.75 Å². The van der Waals surface area contributed by atoms with Crippen LogP contribution in [0.15, 0.2) is 24.3 Å². The van der Waals surface area contributed by atoms with Crippen LogP contribution in [0.1, 0.15) is 25.8 Å². The number of methoxy groups -OCH3 is 1. The second-order valence-corrected chi connectivity index (χ2v) is 4.82. The quantitative estimate of drug-likeness (QED) is 0.823. The van der Waals surface area contributed by atoms with Crippen molar-refractivity contribution in [2.24, 2.45) is 17.6 Å². The van der Waals surface area contributed by atoms with E-state index >= 15 is 0 Å². The molecule has 2 unspecified atom stereocenters. The van der Waals surface area contributed by atoms with Gasteiger partial charge in [0.05, 0.1) is 7.11 Å². The molecule has 0 bridgehead atoms. The fourth-order valence-electron chi connectivity index (χ4n) is 2.37. The monoisotopic (exact) mass is 205 g/mol. The molecule has 1 fully saturated rings. The largest absolute Gasteiger partial charge is 0.497 e. The minimum atomic E-state index is -0.0829. The van der Waals surface area contributed by atoms with Crippen LogP contribution < -0.4 is 10.5 Å². The highest BCUT2D eigenvalue weighted by molar-refractivity contribution is 5.36. The van der Waals surface area contributed by atoms with Crippen LogP contribution in [0.2, 0.25) is 0 Å². The van der Waals surface area contributed by atoms with Crippen molar-refractivity contribution < 1.29 is 4.74 Å². The first-order valence-electron chi connectivity index (χ1n) is 5.51. The van der Waals surface area contributed by atoms with Gasteiger partial charge in [-0.15, -0.1) is 0 Å². The lowest BCUT2D eigenvalue weighted by atomic mass is 9.98. The maximum atomic E-state index is 6.36. The molecule has 0 saturated heterocycles. The van der Waals surface area contributed by atoms with Gasteiger partial charge < -0.3 is 10.5 Å². The van der Waals surface area contributed by atoms with Gasteiger partial charge in [-0.05, 0) is 36.0 Å². The zero-order chi connectivity index (χ0) is 11.1. The van der Waals surface area contributed by atoms with Crippen molar-refractivity contribution in [1.29, 1.82) is 0 Å². The van der Waals surface area contributed by atoms with Gasteiger partial charge in [0.2, 0.25) is 0 Å². The standard InChI is InChI=1S/C13H19NO/c1-9(2)12-8-13(12,14)10-4-6-11(15-3)7-5-10/h4-7,9,12H,8,14H2,1-3H3. The van der Waals surface area contributed by atoms with E-state index in [1.54, 1.807) is 7.11 Å². The average Bonchev–Trinajstić information content (AvgIpc) is 2.93. The summed E-state index contributed by atoms with van der Waals surface area (Å²) in [6.45, 7) is 4.48. The summed E-state index contributed by atoms with van der Waals surface area (Å²) in [4.78, 5) is 0. The van der Waals surface area contributed by atoms with Crippen LogP contribution >= 0.6 is 0 Å². The predicted octanol–water partition coefficient (Wildman–Crippen LogP) is 2.53. The second-order valence-electron chi connectivity index (χ2n) is 4.82. The Hall–Kier alpha value is -1.02. The Morgan fingerprint density at radius 1 is 1.33 bits per heavy atom. The fraction of sp³-hybridized carbons (Fsp3) is 0.538. The Balaban J connectivity index is 2.17. The first-order chi connectivity index (χ1) is 7.08. The first-order valence-corrected chi connectivity index (χ1v) is 5.51. The van der Waals surface area contributed by atoms with Gasteiger partial charge in [-0.3, -0.25) is 0 Å². The zero-order valence-electron chi connectivity index (χ0n) is 9.66. The maximum Gasteiger partial charge on any atom is 0.118 e. The Morgan fingerprint density at radius 3 is 2.33 bits per heavy atom. The van der Waals surface area contributed by atoms with Gasteiger partial charge in [-0.25, -0.2) is 0 Å². The number of rotatable bonds is 3. The van der Waals surface area contributed by atoms with E-state index in [1.807, 2.05) is 12.1 Å². The number of hydrogen-bond acceptors (Lipinski definition) is 2. The van der Waals surface area contributed by atoms with Gasteiger partial charge in [0, 0.05) is 5.54 Å². The van der Waals surface area contributed by atoms with E-state index in [1.165, 1.54) is 5.56 Å². The number of nitrogens with two attached hydrogens (primary N) is 1. The Bertz CT molecular complexity index is 344. The smallest absolute Gasteiger partial charge is 0.118 e. The third-order valence-electron chi connectivity index (χ3n) is 3.49. The molecule has 2 nitrogen and oxygen atoms in total. The van der Waals surface area contributed by atoms with Crippen molar-refractivity contribution >= 4 is 0 Å². The second kappa shape index (κ2) is 3.53. The van der Waals surface area contributed by atoms with Crippen LogP contribution in [0.3, 0.4) is 0 Å². The molecule has 2 heteroatoms. The van der Waals surface area contributed by atoms with Gasteiger partial charge in [0.15, 0.2) is 0 Å². The van der Waals surface area contributed by atoms with E-state index in [0.717, 1.165) is 12.2 Å². The van der Waals surface area contributed by atoms with Gasteiger partial charge in [0.1, 0.15) is 5.75 Å². The van der Waals surface area contributed by atoms with Crippen LogP contribution in [-0.2, 0) is 5.54 Å². The Labute approximate surface area is 91.4 Å². The summed E-state index contributed by atoms with van der Waals surface area (Å²) in [7, 11) is 1.68. The molecule has 2 N–H and O–H groups in total. The number of hydrogen-bond donors (Lipinski definition) is 1. The van der Waals surface area contributed by atoms with Crippen LogP contribution in [-0.4, -0.2) is 7.11 Å². The summed E-state index contributed by atoms with van der Waals surface area (Å²) in [5.74, 6) is 2.19. The Morgan fingerprint density at radius 2 is 1.93 bits per heavy atom. The van der Waals surface area contributed by atoms with Crippen molar-refractivity contribution in [1.82, 2.24) is 0 Å². The van der Waals surface area contributed by atoms with Crippen molar-refractivity contribution in [3.63, 3.8) is 0 Å². The number of ether oxygens (including phenoxy) is 1. The van der Waals surface area contributed by atoms with Crippen LogP contribution in [0, 0.1) is 11.8 Å². The molecule has 1 aliphatic rings. The van der Waals surface area contributed by atoms with Gasteiger partial charge in [-0.1, -0.05) is 26.0 Å². The first kappa shape index (κ1) is 10.5. The highest BCUT2D eigenvalue weighted by Crippen LogP contribution is 2.53. The van der Waals surface area contributed by atoms with Crippen LogP contribution in [0.4, 0.5) is 0 Å². The van der Waals surface area contributed by atoms with Gasteiger partial charge >= 0.3 is 0 Å². The molecule has 0 aliphatic heterocycles. The molecular weight excluding hydrogens is 186 g/mol. The molecule has 1 aromatic rings. The molecule has 1 aliphatic carbocycles. The summed E-state index contributed by atoms with van der Waals surface area (Å²) in [6.07, 6.45) is 1.11. The molecule has 0 aromatic heterocycles. The summed E-state index contributed by atoms with van der Waals surface area (Å²) in [5, 5.41) is 0. The van der Waals surface area contributed by atoms with Crippen molar-refractivity contribution in [3.05, 3.63) is 29.8 Å². The van der Waals surface area contributed by atoms with Crippen LogP contribution in [0.25, 0.3) is 0 Å². The van der Waals surface area contributed by atoms with E-state index in [2.05, 4.69) is 26.0 Å². The summed E-state index contributed by atoms with van der Waals surface area (Å²) in [6, 6.07) is 8.14. The molecule has 1 saturated carbocycles. The van der Waals surface area contributed by atoms with Gasteiger partial charge in [0.25, 0.3) is 0 Å². The van der Waals surface area contributed by atoms with E-state index < -0.39 is 0 Å². The lowest BCUT2D eigenvalue weighted by molar-refractivity contribution is 0.414. The van der Waals surface area contributed by atoms with Crippen molar-refractivity contribution in [2.45, 2.75) is 25.8 Å². The van der Waals surface area contributed by atoms with E-state index in [-0.39, 0.29) is 5.54 Å². The third-order valence-corrected chi connectivity index (χ3v) is 3.49. The number of benzene rings is 1. The molecule has 82 valence electrons. The molecule has 1 aromatic carbocycles. The highest BCUT2D eigenvalue weighted by atomic mass is 16.5. The summed E-state index contributed by atoms with van der Waals surface area (Å²) in [5.41, 5.74) is 7.52. The van der Waals surface area contributed by atoms with Crippen molar-refractivity contribution in [3.8, 4) is 5.75 Å². The van der Waals surface area contributed by atoms with Gasteiger partial charge in [-0.2, -0.15) is 0 Å². The zero-order valence-corrected chi connectivity index (χ0v) is 9.66. The molecule has 0 radical (unpaired) electrons. The molecule has 2 atom stereocenters. The molecular formula is C13H19NO. The fourth-order valence-corrected chi connectivity index (χ4v) is 2.37. The highest BCUT2D eigenvalue weighted by Gasteiger charge is 2.53.